The third-order valence-corrected chi connectivity index (χ3v) is 3.47. The fourth-order valence-corrected chi connectivity index (χ4v) is 2.33. The minimum absolute atomic E-state index is 0.144. The smallest absolute Gasteiger partial charge is 0.234 e. The highest BCUT2D eigenvalue weighted by Crippen LogP contribution is 2.19. The van der Waals surface area contributed by atoms with Crippen molar-refractivity contribution in [1.82, 2.24) is 10.6 Å². The molecule has 4 nitrogen and oxygen atoms in total. The van der Waals surface area contributed by atoms with Gasteiger partial charge in [0.1, 0.15) is 0 Å². The van der Waals surface area contributed by atoms with Gasteiger partial charge < -0.3 is 15.4 Å². The number of nitrogens with one attached hydrogen (secondary N) is 2. The summed E-state index contributed by atoms with van der Waals surface area (Å²) in [5, 5.41) is 6.35. The van der Waals surface area contributed by atoms with Gasteiger partial charge >= 0.3 is 0 Å². The van der Waals surface area contributed by atoms with Crippen LogP contribution in [0.5, 0.6) is 0 Å². The summed E-state index contributed by atoms with van der Waals surface area (Å²) >= 11 is 0. The van der Waals surface area contributed by atoms with E-state index in [9.17, 15) is 4.79 Å². The fourth-order valence-electron chi connectivity index (χ4n) is 2.33. The Kier molecular flexibility index (Phi) is 4.80. The van der Waals surface area contributed by atoms with Crippen LogP contribution in [0.15, 0.2) is 0 Å². The van der Waals surface area contributed by atoms with Crippen LogP contribution >= 0.6 is 0 Å². The van der Waals surface area contributed by atoms with Crippen LogP contribution in [0.2, 0.25) is 0 Å². The molecule has 2 N–H and O–H groups in total. The lowest BCUT2D eigenvalue weighted by Crippen LogP contribution is -2.44. The van der Waals surface area contributed by atoms with E-state index in [-0.39, 0.29) is 5.91 Å². The van der Waals surface area contributed by atoms with Gasteiger partial charge in [-0.3, -0.25) is 4.79 Å². The molecule has 1 aliphatic carbocycles. The van der Waals surface area contributed by atoms with Crippen LogP contribution in [-0.4, -0.2) is 37.2 Å². The van der Waals surface area contributed by atoms with Crippen LogP contribution in [-0.2, 0) is 9.53 Å². The Hall–Kier alpha value is -0.610. The van der Waals surface area contributed by atoms with Crippen molar-refractivity contribution in [3.63, 3.8) is 0 Å². The Morgan fingerprint density at radius 1 is 1.29 bits per heavy atom. The Morgan fingerprint density at radius 2 is 2.12 bits per heavy atom. The predicted molar refractivity (Wildman–Crippen MR) is 66.8 cm³/mol. The number of amides is 1. The number of carbonyl (C=O) groups excluding carboxylic acids is 1. The van der Waals surface area contributed by atoms with Crippen LogP contribution in [0.25, 0.3) is 0 Å². The average Bonchev–Trinajstić information content (AvgIpc) is 3.11. The minimum atomic E-state index is 0.144. The standard InChI is InChI=1S/C13H24N2O2/c1-2-3-12-8-11(6-7-17-12)14-9-13(16)15-10-4-5-10/h10-12,14H,2-9H2,1H3,(H,15,16). The van der Waals surface area contributed by atoms with E-state index in [2.05, 4.69) is 17.6 Å². The molecule has 17 heavy (non-hydrogen) atoms. The van der Waals surface area contributed by atoms with Crippen molar-refractivity contribution in [2.75, 3.05) is 13.2 Å². The number of ether oxygens (including phenoxy) is 1. The first-order valence-electron chi connectivity index (χ1n) is 6.92. The van der Waals surface area contributed by atoms with Gasteiger partial charge in [0.25, 0.3) is 0 Å². The first-order chi connectivity index (χ1) is 8.28. The van der Waals surface area contributed by atoms with Gasteiger partial charge in [-0.2, -0.15) is 0 Å². The van der Waals surface area contributed by atoms with Gasteiger partial charge in [-0.15, -0.1) is 0 Å². The molecule has 1 saturated heterocycles. The lowest BCUT2D eigenvalue weighted by molar-refractivity contribution is -0.120. The summed E-state index contributed by atoms with van der Waals surface area (Å²) < 4.78 is 5.69. The first-order valence-corrected chi connectivity index (χ1v) is 6.92. The van der Waals surface area contributed by atoms with E-state index in [1.54, 1.807) is 0 Å². The zero-order chi connectivity index (χ0) is 12.1. The van der Waals surface area contributed by atoms with E-state index in [0.717, 1.165) is 38.7 Å². The van der Waals surface area contributed by atoms with Gasteiger partial charge in [0.05, 0.1) is 12.6 Å². The molecule has 0 aromatic heterocycles. The van der Waals surface area contributed by atoms with Crippen molar-refractivity contribution in [2.24, 2.45) is 0 Å². The first kappa shape index (κ1) is 12.8. The summed E-state index contributed by atoms with van der Waals surface area (Å²) in [5.74, 6) is 0.144. The minimum Gasteiger partial charge on any atom is -0.378 e. The van der Waals surface area contributed by atoms with Crippen LogP contribution in [0.4, 0.5) is 0 Å². The monoisotopic (exact) mass is 240 g/mol. The van der Waals surface area contributed by atoms with Gasteiger partial charge in [0.15, 0.2) is 0 Å². The Balaban J connectivity index is 1.62. The van der Waals surface area contributed by atoms with Crippen LogP contribution in [0.3, 0.4) is 0 Å². The molecule has 0 aromatic rings. The maximum absolute atomic E-state index is 11.5. The number of rotatable bonds is 6. The molecule has 2 fully saturated rings. The van der Waals surface area contributed by atoms with Crippen LogP contribution in [0, 0.1) is 0 Å². The molecule has 1 aliphatic heterocycles. The number of carbonyl (C=O) groups is 1. The molecular formula is C13H24N2O2. The van der Waals surface area contributed by atoms with Crippen molar-refractivity contribution in [1.29, 1.82) is 0 Å². The fraction of sp³-hybridized carbons (Fsp3) is 0.923. The summed E-state index contributed by atoms with van der Waals surface area (Å²) in [6, 6.07) is 0.914. The van der Waals surface area contributed by atoms with E-state index in [4.69, 9.17) is 4.74 Å². The van der Waals surface area contributed by atoms with Crippen molar-refractivity contribution >= 4 is 5.91 Å². The third kappa shape index (κ3) is 4.64. The maximum Gasteiger partial charge on any atom is 0.234 e. The van der Waals surface area contributed by atoms with Gasteiger partial charge in [-0.05, 0) is 32.1 Å². The second kappa shape index (κ2) is 6.36. The lowest BCUT2D eigenvalue weighted by atomic mass is 10.0. The molecule has 0 bridgehead atoms. The molecule has 1 amide bonds. The molecule has 0 radical (unpaired) electrons. The second-order valence-corrected chi connectivity index (χ2v) is 5.23. The molecule has 1 heterocycles. The molecule has 2 atom stereocenters. The summed E-state index contributed by atoms with van der Waals surface area (Å²) in [5.41, 5.74) is 0. The van der Waals surface area contributed by atoms with Crippen molar-refractivity contribution in [2.45, 2.75) is 63.6 Å². The van der Waals surface area contributed by atoms with Crippen LogP contribution in [0.1, 0.15) is 45.4 Å². The van der Waals surface area contributed by atoms with Crippen molar-refractivity contribution < 1.29 is 9.53 Å². The van der Waals surface area contributed by atoms with E-state index < -0.39 is 0 Å². The van der Waals surface area contributed by atoms with Crippen molar-refractivity contribution in [3.05, 3.63) is 0 Å². The second-order valence-electron chi connectivity index (χ2n) is 5.23. The Bertz CT molecular complexity index is 252. The highest BCUT2D eigenvalue weighted by Gasteiger charge is 2.25. The average molecular weight is 240 g/mol. The molecule has 2 aliphatic rings. The largest absolute Gasteiger partial charge is 0.378 e. The zero-order valence-electron chi connectivity index (χ0n) is 10.7. The molecule has 2 unspecified atom stereocenters. The molecule has 98 valence electrons. The highest BCUT2D eigenvalue weighted by atomic mass is 16.5. The van der Waals surface area contributed by atoms with Gasteiger partial charge in [-0.25, -0.2) is 0 Å². The Labute approximate surface area is 103 Å². The topological polar surface area (TPSA) is 50.4 Å². The Morgan fingerprint density at radius 3 is 2.82 bits per heavy atom. The molecule has 0 spiro atoms. The summed E-state index contributed by atoms with van der Waals surface area (Å²) in [7, 11) is 0. The molecule has 1 saturated carbocycles. The van der Waals surface area contributed by atoms with Crippen LogP contribution < -0.4 is 10.6 Å². The molecule has 0 aromatic carbocycles. The molecule has 2 rings (SSSR count). The molecule has 4 heteroatoms. The SMILES string of the molecule is CCCC1CC(NCC(=O)NC2CC2)CCO1. The van der Waals surface area contributed by atoms with Gasteiger partial charge in [0.2, 0.25) is 5.91 Å². The van der Waals surface area contributed by atoms with Gasteiger partial charge in [0, 0.05) is 18.7 Å². The maximum atomic E-state index is 11.5. The number of hydrogen-bond donors (Lipinski definition) is 2. The van der Waals surface area contributed by atoms with Gasteiger partial charge in [-0.1, -0.05) is 13.3 Å². The number of hydrogen-bond acceptors (Lipinski definition) is 3. The van der Waals surface area contributed by atoms with Crippen molar-refractivity contribution in [3.8, 4) is 0 Å². The summed E-state index contributed by atoms with van der Waals surface area (Å²) in [6.45, 7) is 3.47. The molecular weight excluding hydrogens is 216 g/mol. The third-order valence-electron chi connectivity index (χ3n) is 3.47. The normalized spacial score (nSPS) is 29.0. The zero-order valence-corrected chi connectivity index (χ0v) is 10.7. The van der Waals surface area contributed by atoms with E-state index in [1.807, 2.05) is 0 Å². The van der Waals surface area contributed by atoms with E-state index in [0.29, 0.717) is 24.7 Å². The van der Waals surface area contributed by atoms with E-state index in [1.165, 1.54) is 6.42 Å². The summed E-state index contributed by atoms with van der Waals surface area (Å²) in [6.07, 6.45) is 7.06. The highest BCUT2D eigenvalue weighted by molar-refractivity contribution is 5.78. The predicted octanol–water partition coefficient (Wildman–Crippen LogP) is 1.20. The lowest BCUT2D eigenvalue weighted by Gasteiger charge is -2.30. The van der Waals surface area contributed by atoms with E-state index >= 15 is 0 Å². The summed E-state index contributed by atoms with van der Waals surface area (Å²) in [4.78, 5) is 11.5. The quantitative estimate of drug-likeness (QED) is 0.733.